The van der Waals surface area contributed by atoms with Crippen LogP contribution in [-0.2, 0) is 16.2 Å². The van der Waals surface area contributed by atoms with Gasteiger partial charge in [-0.1, -0.05) is 66.9 Å². The maximum Gasteiger partial charge on any atom is 0.294 e. The largest absolute Gasteiger partial charge is 0.490 e. The van der Waals surface area contributed by atoms with E-state index in [0.29, 0.717) is 48.4 Å². The maximum absolute atomic E-state index is 13.1. The number of imide groups is 1. The Kier molecular flexibility index (Phi) is 8.97. The highest BCUT2D eigenvalue weighted by Gasteiger charge is 2.37. The second-order valence-electron chi connectivity index (χ2n) is 9.75. The zero-order chi connectivity index (χ0) is 28.1. The second-order valence-corrected chi connectivity index (χ2v) is 11.2. The molecule has 0 radical (unpaired) electrons. The first-order valence-corrected chi connectivity index (χ1v) is 14.7. The average Bonchev–Trinajstić information content (AvgIpc) is 3.12. The van der Waals surface area contributed by atoms with Gasteiger partial charge >= 0.3 is 0 Å². The predicted molar refractivity (Wildman–Crippen MR) is 159 cm³/mol. The normalized spacial score (nSPS) is 17.0. The van der Waals surface area contributed by atoms with Gasteiger partial charge in [-0.2, -0.15) is 0 Å². The fraction of sp³-hybridized carbons (Fsp3) is 0.323. The molecule has 5 rings (SSSR count). The number of nitrogens with zero attached hydrogens (tertiary/aromatic N) is 2. The lowest BCUT2D eigenvalue weighted by atomic mass is 10.1. The van der Waals surface area contributed by atoms with Crippen molar-refractivity contribution in [1.82, 2.24) is 9.80 Å². The van der Waals surface area contributed by atoms with Crippen molar-refractivity contribution in [3.63, 3.8) is 0 Å². The summed E-state index contributed by atoms with van der Waals surface area (Å²) in [7, 11) is 0. The Bertz CT molecular complexity index is 1460. The predicted octanol–water partition coefficient (Wildman–Crippen LogP) is 6.91. The first-order valence-electron chi connectivity index (χ1n) is 13.5. The summed E-state index contributed by atoms with van der Waals surface area (Å²) in [4.78, 5) is 41.6. The molecular formula is C31H31ClN2O5S. The van der Waals surface area contributed by atoms with Gasteiger partial charge in [-0.3, -0.25) is 19.3 Å². The number of hydrogen-bond donors (Lipinski definition) is 0. The first-order chi connectivity index (χ1) is 19.4. The van der Waals surface area contributed by atoms with E-state index < -0.39 is 11.1 Å². The fourth-order valence-electron chi connectivity index (χ4n) is 4.99. The Hall–Kier alpha value is -3.49. The molecule has 208 valence electrons. The quantitative estimate of drug-likeness (QED) is 0.270. The molecule has 7 nitrogen and oxygen atoms in total. The van der Waals surface area contributed by atoms with Crippen molar-refractivity contribution in [3.8, 4) is 11.5 Å². The molecule has 2 heterocycles. The maximum atomic E-state index is 13.1. The van der Waals surface area contributed by atoms with Gasteiger partial charge in [0.15, 0.2) is 11.5 Å². The van der Waals surface area contributed by atoms with Crippen LogP contribution in [0.15, 0.2) is 59.5 Å². The van der Waals surface area contributed by atoms with Gasteiger partial charge in [0.05, 0.1) is 16.5 Å². The summed E-state index contributed by atoms with van der Waals surface area (Å²) < 4.78 is 12.0. The number of halogens is 1. The van der Waals surface area contributed by atoms with Gasteiger partial charge in [0.2, 0.25) is 5.91 Å². The monoisotopic (exact) mass is 578 g/mol. The minimum absolute atomic E-state index is 0.195. The smallest absolute Gasteiger partial charge is 0.294 e. The summed E-state index contributed by atoms with van der Waals surface area (Å²) in [6.45, 7) is 3.64. The highest BCUT2D eigenvalue weighted by Crippen LogP contribution is 2.40. The lowest BCUT2D eigenvalue weighted by Crippen LogP contribution is -2.42. The van der Waals surface area contributed by atoms with E-state index in [1.54, 1.807) is 23.1 Å². The molecule has 0 bridgehead atoms. The lowest BCUT2D eigenvalue weighted by molar-refractivity contribution is -0.135. The van der Waals surface area contributed by atoms with E-state index in [4.69, 9.17) is 21.1 Å². The van der Waals surface area contributed by atoms with Crippen molar-refractivity contribution in [1.29, 1.82) is 0 Å². The molecule has 2 saturated heterocycles. The molecule has 40 heavy (non-hydrogen) atoms. The lowest BCUT2D eigenvalue weighted by Gasteiger charge is -2.22. The third-order valence-corrected chi connectivity index (χ3v) is 8.20. The van der Waals surface area contributed by atoms with Crippen LogP contribution in [0.3, 0.4) is 0 Å². The fourth-order valence-corrected chi connectivity index (χ4v) is 6.10. The molecule has 0 aromatic heterocycles. The topological polar surface area (TPSA) is 76.2 Å². The number of rotatable bonds is 8. The van der Waals surface area contributed by atoms with Crippen LogP contribution in [0.4, 0.5) is 4.79 Å². The van der Waals surface area contributed by atoms with Gasteiger partial charge in [0.1, 0.15) is 13.2 Å². The summed E-state index contributed by atoms with van der Waals surface area (Å²) in [5, 5.41) is 2.09. The highest BCUT2D eigenvalue weighted by atomic mass is 35.5. The van der Waals surface area contributed by atoms with E-state index in [1.165, 1.54) is 0 Å². The molecule has 0 saturated carbocycles. The average molecular weight is 579 g/mol. The van der Waals surface area contributed by atoms with Crippen molar-refractivity contribution in [2.24, 2.45) is 0 Å². The minimum atomic E-state index is -0.483. The first kappa shape index (κ1) is 28.1. The Labute approximate surface area is 243 Å². The number of benzene rings is 3. The Balaban J connectivity index is 1.33. The molecule has 0 aliphatic carbocycles. The van der Waals surface area contributed by atoms with E-state index in [9.17, 15) is 14.4 Å². The van der Waals surface area contributed by atoms with Crippen LogP contribution in [0.2, 0.25) is 5.02 Å². The van der Waals surface area contributed by atoms with Crippen molar-refractivity contribution in [2.45, 2.75) is 39.2 Å². The van der Waals surface area contributed by atoms with Crippen LogP contribution < -0.4 is 9.47 Å². The summed E-state index contributed by atoms with van der Waals surface area (Å²) in [5.74, 6) is 0.171. The zero-order valence-corrected chi connectivity index (χ0v) is 23.9. The van der Waals surface area contributed by atoms with E-state index in [1.807, 2.05) is 31.2 Å². The number of ether oxygens (including phenoxy) is 2. The van der Waals surface area contributed by atoms with Crippen molar-refractivity contribution in [3.05, 3.63) is 75.7 Å². The van der Waals surface area contributed by atoms with Crippen molar-refractivity contribution < 1.29 is 23.9 Å². The van der Waals surface area contributed by atoms with Gasteiger partial charge in [-0.05, 0) is 71.6 Å². The number of carbonyl (C=O) groups is 3. The number of amides is 3. The summed E-state index contributed by atoms with van der Waals surface area (Å²) in [5.41, 5.74) is 1.61. The molecule has 0 atom stereocenters. The zero-order valence-electron chi connectivity index (χ0n) is 22.4. The van der Waals surface area contributed by atoms with Crippen LogP contribution in [-0.4, -0.2) is 53.1 Å². The molecule has 0 spiro atoms. The Morgan fingerprint density at radius 3 is 2.52 bits per heavy atom. The number of carbonyl (C=O) groups excluding carboxylic acids is 3. The summed E-state index contributed by atoms with van der Waals surface area (Å²) in [6.07, 6.45) is 5.67. The van der Waals surface area contributed by atoms with Crippen LogP contribution in [0.5, 0.6) is 11.5 Å². The van der Waals surface area contributed by atoms with Gasteiger partial charge in [-0.25, -0.2) is 0 Å². The third-order valence-electron chi connectivity index (χ3n) is 7.01. The number of likely N-dealkylation sites (tertiary alicyclic amines) is 1. The minimum Gasteiger partial charge on any atom is -0.490 e. The van der Waals surface area contributed by atoms with Crippen LogP contribution in [0.25, 0.3) is 16.8 Å². The number of hydrogen-bond acceptors (Lipinski definition) is 6. The third kappa shape index (κ3) is 6.29. The molecule has 3 amide bonds. The van der Waals surface area contributed by atoms with Crippen molar-refractivity contribution in [2.75, 3.05) is 26.2 Å². The molecule has 3 aromatic rings. The Morgan fingerprint density at radius 2 is 1.75 bits per heavy atom. The molecule has 0 N–H and O–H groups in total. The number of fused-ring (bicyclic) bond motifs is 1. The van der Waals surface area contributed by atoms with Crippen LogP contribution in [0, 0.1) is 0 Å². The van der Waals surface area contributed by atoms with Crippen LogP contribution >= 0.6 is 23.4 Å². The standard InChI is InChI=1S/C31H31ClN2O5S/c1-2-38-26-17-21(16-25(32)29(26)39-20-23-12-9-11-22-10-5-6-13-24(22)23)18-27-30(36)34(31(37)40-27)19-28(35)33-14-7-3-4-8-15-33/h5-6,9-13,16-18H,2-4,7-8,14-15,19-20H2,1H3. The van der Waals surface area contributed by atoms with E-state index >= 15 is 0 Å². The SMILES string of the molecule is CCOc1cc(C=C2SC(=O)N(CC(=O)N3CCCCCC3)C2=O)cc(Cl)c1OCc1cccc2ccccc12. The van der Waals surface area contributed by atoms with Gasteiger partial charge in [0, 0.05) is 13.1 Å². The molecular weight excluding hydrogens is 548 g/mol. The second kappa shape index (κ2) is 12.8. The molecule has 3 aromatic carbocycles. The van der Waals surface area contributed by atoms with E-state index in [0.717, 1.165) is 58.7 Å². The van der Waals surface area contributed by atoms with Crippen LogP contribution in [0.1, 0.15) is 43.7 Å². The molecule has 2 aliphatic heterocycles. The highest BCUT2D eigenvalue weighted by molar-refractivity contribution is 8.18. The van der Waals surface area contributed by atoms with Gasteiger partial charge < -0.3 is 14.4 Å². The Morgan fingerprint density at radius 1 is 1.00 bits per heavy atom. The van der Waals surface area contributed by atoms with E-state index in [2.05, 4.69) is 18.2 Å². The summed E-state index contributed by atoms with van der Waals surface area (Å²) in [6, 6.07) is 17.6. The number of thioether (sulfide) groups is 1. The molecule has 0 unspecified atom stereocenters. The molecule has 2 fully saturated rings. The van der Waals surface area contributed by atoms with Gasteiger partial charge in [0.25, 0.3) is 11.1 Å². The molecule has 2 aliphatic rings. The van der Waals surface area contributed by atoms with E-state index in [-0.39, 0.29) is 17.4 Å². The summed E-state index contributed by atoms with van der Waals surface area (Å²) >= 11 is 7.47. The van der Waals surface area contributed by atoms with Crippen molar-refractivity contribution >= 4 is 57.3 Å². The van der Waals surface area contributed by atoms with Gasteiger partial charge in [-0.15, -0.1) is 0 Å². The molecule has 9 heteroatoms.